The van der Waals surface area contributed by atoms with Crippen LogP contribution in [-0.4, -0.2) is 41.2 Å². The van der Waals surface area contributed by atoms with Crippen LogP contribution in [0.3, 0.4) is 0 Å². The Labute approximate surface area is 209 Å². The molecule has 2 fully saturated rings. The Morgan fingerprint density at radius 1 is 1.14 bits per heavy atom. The second-order valence-corrected chi connectivity index (χ2v) is 10.8. The molecule has 8 heteroatoms. The van der Waals surface area contributed by atoms with Crippen molar-refractivity contribution in [2.75, 3.05) is 18.0 Å². The number of carbonyl (C=O) groups is 1. The fourth-order valence-electron chi connectivity index (χ4n) is 4.71. The number of hydrogen-bond acceptors (Lipinski definition) is 6. The Balaban J connectivity index is 1.46. The van der Waals surface area contributed by atoms with Gasteiger partial charge in [-0.1, -0.05) is 11.3 Å². The van der Waals surface area contributed by atoms with E-state index in [1.54, 1.807) is 18.3 Å². The molecule has 5 rings (SSSR count). The second kappa shape index (κ2) is 9.66. The molecule has 1 saturated carbocycles. The van der Waals surface area contributed by atoms with Crippen LogP contribution >= 0.6 is 11.3 Å². The summed E-state index contributed by atoms with van der Waals surface area (Å²) in [6, 6.07) is 8.50. The molecule has 1 saturated heterocycles. The van der Waals surface area contributed by atoms with Gasteiger partial charge in [0.15, 0.2) is 5.13 Å². The van der Waals surface area contributed by atoms with Crippen LogP contribution in [0.5, 0.6) is 0 Å². The van der Waals surface area contributed by atoms with Crippen molar-refractivity contribution in [1.82, 2.24) is 15.3 Å². The van der Waals surface area contributed by atoms with Gasteiger partial charge in [0.25, 0.3) is 5.91 Å². The molecule has 35 heavy (non-hydrogen) atoms. The molecular formula is C27H31FN4O2S. The highest BCUT2D eigenvalue weighted by molar-refractivity contribution is 7.19. The number of benzene rings is 1. The Morgan fingerprint density at radius 2 is 1.89 bits per heavy atom. The highest BCUT2D eigenvalue weighted by atomic mass is 32.1. The summed E-state index contributed by atoms with van der Waals surface area (Å²) in [4.78, 5) is 26.0. The molecule has 1 amide bonds. The number of rotatable bonds is 6. The summed E-state index contributed by atoms with van der Waals surface area (Å²) in [7, 11) is 0. The van der Waals surface area contributed by atoms with Crippen LogP contribution in [0, 0.1) is 19.7 Å². The van der Waals surface area contributed by atoms with E-state index in [0.717, 1.165) is 45.7 Å². The third-order valence-corrected chi connectivity index (χ3v) is 7.66. The minimum absolute atomic E-state index is 0.125. The summed E-state index contributed by atoms with van der Waals surface area (Å²) in [6.45, 7) is 9.78. The maximum Gasteiger partial charge on any atom is 0.251 e. The number of aryl methyl sites for hydroxylation is 2. The third kappa shape index (κ3) is 5.38. The van der Waals surface area contributed by atoms with E-state index in [1.807, 2.05) is 6.92 Å². The number of anilines is 1. The van der Waals surface area contributed by atoms with Gasteiger partial charge in [0.05, 0.1) is 29.3 Å². The molecule has 0 spiro atoms. The van der Waals surface area contributed by atoms with Crippen molar-refractivity contribution in [2.24, 2.45) is 0 Å². The van der Waals surface area contributed by atoms with Crippen molar-refractivity contribution in [3.05, 3.63) is 64.4 Å². The summed E-state index contributed by atoms with van der Waals surface area (Å²) in [5.74, 6) is -0.0354. The van der Waals surface area contributed by atoms with Gasteiger partial charge in [-0.3, -0.25) is 9.78 Å². The summed E-state index contributed by atoms with van der Waals surface area (Å²) in [5, 5.41) is 3.94. The average Bonchev–Trinajstić information content (AvgIpc) is 3.55. The van der Waals surface area contributed by atoms with Gasteiger partial charge in [0, 0.05) is 36.0 Å². The average molecular weight is 495 g/mol. The molecule has 0 radical (unpaired) electrons. The van der Waals surface area contributed by atoms with Gasteiger partial charge >= 0.3 is 0 Å². The number of pyridine rings is 1. The lowest BCUT2D eigenvalue weighted by molar-refractivity contribution is -0.00523. The first kappa shape index (κ1) is 23.9. The van der Waals surface area contributed by atoms with Crippen LogP contribution in [0.4, 0.5) is 9.52 Å². The number of halogens is 1. The molecule has 3 heterocycles. The molecule has 1 N–H and O–H groups in total. The zero-order chi connectivity index (χ0) is 24.7. The first-order valence-electron chi connectivity index (χ1n) is 12.2. The van der Waals surface area contributed by atoms with E-state index in [2.05, 4.69) is 36.2 Å². The van der Waals surface area contributed by atoms with Crippen molar-refractivity contribution < 1.29 is 13.9 Å². The van der Waals surface area contributed by atoms with Crippen molar-refractivity contribution in [3.8, 4) is 10.4 Å². The van der Waals surface area contributed by atoms with Crippen molar-refractivity contribution in [1.29, 1.82) is 0 Å². The first-order chi connectivity index (χ1) is 16.8. The van der Waals surface area contributed by atoms with Crippen molar-refractivity contribution >= 4 is 22.4 Å². The van der Waals surface area contributed by atoms with Crippen LogP contribution in [0.2, 0.25) is 0 Å². The highest BCUT2D eigenvalue weighted by Crippen LogP contribution is 2.42. The van der Waals surface area contributed by atoms with Gasteiger partial charge in [-0.15, -0.1) is 0 Å². The largest absolute Gasteiger partial charge is 0.372 e. The molecule has 6 nitrogen and oxygen atoms in total. The predicted molar refractivity (Wildman–Crippen MR) is 137 cm³/mol. The minimum Gasteiger partial charge on any atom is -0.372 e. The Morgan fingerprint density at radius 3 is 2.57 bits per heavy atom. The number of hydrogen-bond donors (Lipinski definition) is 1. The number of nitrogens with one attached hydrogen (secondary N) is 1. The van der Waals surface area contributed by atoms with Crippen LogP contribution in [-0.2, 0) is 11.3 Å². The zero-order valence-electron chi connectivity index (χ0n) is 20.6. The molecule has 184 valence electrons. The molecule has 1 aliphatic carbocycles. The van der Waals surface area contributed by atoms with Gasteiger partial charge in [0.1, 0.15) is 5.82 Å². The first-order valence-corrected chi connectivity index (χ1v) is 13.0. The molecule has 2 aromatic heterocycles. The van der Waals surface area contributed by atoms with Crippen LogP contribution in [0.15, 0.2) is 30.3 Å². The standard InChI is InChI=1S/C27H31FN4O2S/c1-15-9-21(28)7-8-22(15)26(33)29-12-24-25(20-10-16(2)30-23(11-20)19-5-6-19)35-27(31-24)32-13-17(3)34-18(4)14-32/h7-11,17-19H,5-6,12-14H2,1-4H3,(H,29,33)/t17-,18+. The fraction of sp³-hybridized carbons (Fsp3) is 0.444. The van der Waals surface area contributed by atoms with Gasteiger partial charge in [0.2, 0.25) is 0 Å². The van der Waals surface area contributed by atoms with E-state index in [-0.39, 0.29) is 30.5 Å². The summed E-state index contributed by atoms with van der Waals surface area (Å²) >= 11 is 1.66. The SMILES string of the molecule is Cc1cc(-c2sc(N3C[C@@H](C)O[C@@H](C)C3)nc2CNC(=O)c2ccc(F)cc2C)cc(C2CC2)n1. The summed E-state index contributed by atoms with van der Waals surface area (Å²) < 4.78 is 19.4. The van der Waals surface area contributed by atoms with E-state index in [9.17, 15) is 9.18 Å². The maximum absolute atomic E-state index is 13.5. The lowest BCUT2D eigenvalue weighted by Crippen LogP contribution is -2.45. The molecule has 0 unspecified atom stereocenters. The van der Waals surface area contributed by atoms with E-state index in [1.165, 1.54) is 31.0 Å². The molecule has 1 aromatic carbocycles. The van der Waals surface area contributed by atoms with E-state index in [4.69, 9.17) is 14.7 Å². The topological polar surface area (TPSA) is 67.3 Å². The summed E-state index contributed by atoms with van der Waals surface area (Å²) in [5.41, 5.74) is 5.13. The number of thiazole rings is 1. The quantitative estimate of drug-likeness (QED) is 0.498. The molecule has 1 aliphatic heterocycles. The van der Waals surface area contributed by atoms with Crippen molar-refractivity contribution in [2.45, 2.75) is 65.2 Å². The Bertz CT molecular complexity index is 1250. The monoisotopic (exact) mass is 494 g/mol. The van der Waals surface area contributed by atoms with Crippen LogP contribution in [0.1, 0.15) is 65.6 Å². The molecule has 2 aliphatic rings. The van der Waals surface area contributed by atoms with Gasteiger partial charge in [-0.2, -0.15) is 0 Å². The number of nitrogens with zero attached hydrogens (tertiary/aromatic N) is 3. The zero-order valence-corrected chi connectivity index (χ0v) is 21.4. The van der Waals surface area contributed by atoms with E-state index in [0.29, 0.717) is 17.0 Å². The van der Waals surface area contributed by atoms with Gasteiger partial charge < -0.3 is 15.0 Å². The molecule has 3 aromatic rings. The fourth-order valence-corrected chi connectivity index (χ4v) is 5.80. The normalized spacial score (nSPS) is 20.2. The predicted octanol–water partition coefficient (Wildman–Crippen LogP) is 5.38. The Hall–Kier alpha value is -2.84. The third-order valence-electron chi connectivity index (χ3n) is 6.46. The summed E-state index contributed by atoms with van der Waals surface area (Å²) in [6.07, 6.45) is 2.63. The van der Waals surface area contributed by atoms with Crippen LogP contribution < -0.4 is 10.2 Å². The minimum atomic E-state index is -0.348. The number of ether oxygens (including phenoxy) is 1. The molecular weight excluding hydrogens is 463 g/mol. The van der Waals surface area contributed by atoms with Crippen LogP contribution in [0.25, 0.3) is 10.4 Å². The highest BCUT2D eigenvalue weighted by Gasteiger charge is 2.28. The number of amides is 1. The maximum atomic E-state index is 13.5. The van der Waals surface area contributed by atoms with Crippen molar-refractivity contribution in [3.63, 3.8) is 0 Å². The molecule has 2 atom stereocenters. The lowest BCUT2D eigenvalue weighted by atomic mass is 10.1. The van der Waals surface area contributed by atoms with Gasteiger partial charge in [-0.25, -0.2) is 9.37 Å². The van der Waals surface area contributed by atoms with E-state index >= 15 is 0 Å². The van der Waals surface area contributed by atoms with E-state index < -0.39 is 0 Å². The smallest absolute Gasteiger partial charge is 0.251 e. The number of morpholine rings is 1. The number of carbonyl (C=O) groups excluding carboxylic acids is 1. The number of aromatic nitrogens is 2. The van der Waals surface area contributed by atoms with Gasteiger partial charge in [-0.05, 0) is 82.0 Å². The molecule has 0 bridgehead atoms. The Kier molecular flexibility index (Phi) is 6.59. The second-order valence-electron chi connectivity index (χ2n) is 9.77. The lowest BCUT2D eigenvalue weighted by Gasteiger charge is -2.35.